The van der Waals surface area contributed by atoms with Gasteiger partial charge >= 0.3 is 10.2 Å². The minimum atomic E-state index is -9.89. The van der Waals surface area contributed by atoms with Gasteiger partial charge in [-0.3, -0.25) is 14.7 Å². The predicted octanol–water partition coefficient (Wildman–Crippen LogP) is 5.97. The van der Waals surface area contributed by atoms with Crippen LogP contribution in [0.1, 0.15) is 56.2 Å². The number of halogens is 7. The molecule has 45 heavy (non-hydrogen) atoms. The fraction of sp³-hybridized carbons (Fsp3) is 0.464. The van der Waals surface area contributed by atoms with Crippen molar-refractivity contribution in [2.24, 2.45) is 0 Å². The number of anilines is 1. The molecule has 0 spiro atoms. The van der Waals surface area contributed by atoms with E-state index in [9.17, 15) is 48.2 Å². The largest absolute Gasteiger partial charge is 0.388 e. The van der Waals surface area contributed by atoms with Crippen molar-refractivity contribution in [3.8, 4) is 12.3 Å². The Bertz CT molecular complexity index is 1480. The Kier molecular flexibility index (Phi) is 9.45. The average Bonchev–Trinajstić information content (AvgIpc) is 3.27. The number of pyridine rings is 1. The van der Waals surface area contributed by atoms with Crippen molar-refractivity contribution in [1.29, 1.82) is 10.5 Å². The average molecular weight is 665 g/mol. The van der Waals surface area contributed by atoms with Gasteiger partial charge in [-0.2, -0.15) is 10.5 Å². The van der Waals surface area contributed by atoms with E-state index in [1.807, 2.05) is 12.3 Å². The van der Waals surface area contributed by atoms with E-state index >= 15 is 0 Å². The molecule has 2 N–H and O–H groups in total. The van der Waals surface area contributed by atoms with Gasteiger partial charge in [-0.15, -0.1) is 0 Å². The van der Waals surface area contributed by atoms with Gasteiger partial charge in [0.1, 0.15) is 17.2 Å². The van der Waals surface area contributed by atoms with Gasteiger partial charge in [-0.25, -0.2) is 8.78 Å². The number of nitrogens with one attached hydrogen (secondary N) is 1. The molecule has 17 heteroatoms. The molecule has 1 aliphatic carbocycles. The second-order valence-electron chi connectivity index (χ2n) is 11.3. The van der Waals surface area contributed by atoms with Crippen LogP contribution >= 0.6 is 10.2 Å². The monoisotopic (exact) mass is 664 g/mol. The minimum Gasteiger partial charge on any atom is -0.388 e. The number of likely N-dealkylation sites (tertiary alicyclic amines) is 1. The Morgan fingerprint density at radius 1 is 1.16 bits per heavy atom. The summed E-state index contributed by atoms with van der Waals surface area (Å²) in [6, 6.07) is 2.96. The van der Waals surface area contributed by atoms with Gasteiger partial charge in [0, 0.05) is 56.0 Å². The van der Waals surface area contributed by atoms with Crippen LogP contribution in [0.15, 0.2) is 47.6 Å². The van der Waals surface area contributed by atoms with Gasteiger partial charge in [0.05, 0.1) is 29.8 Å². The van der Waals surface area contributed by atoms with Crippen molar-refractivity contribution in [2.45, 2.75) is 73.6 Å². The Hall–Kier alpha value is -4.09. The zero-order chi connectivity index (χ0) is 33.9. The van der Waals surface area contributed by atoms with Gasteiger partial charge in [-0.1, -0.05) is 19.4 Å². The quantitative estimate of drug-likeness (QED) is 0.210. The molecule has 4 rings (SSSR count). The summed E-state index contributed by atoms with van der Waals surface area (Å²) in [5.74, 6) is -3.52. The van der Waals surface area contributed by atoms with Crippen LogP contribution in [-0.4, -0.2) is 64.4 Å². The van der Waals surface area contributed by atoms with Gasteiger partial charge in [-0.05, 0) is 50.1 Å². The van der Waals surface area contributed by atoms with Crippen LogP contribution in [0.4, 0.5) is 33.9 Å². The maximum atomic E-state index is 13.5. The predicted molar refractivity (Wildman–Crippen MR) is 151 cm³/mol. The molecule has 2 aliphatic rings. The van der Waals surface area contributed by atoms with E-state index in [0.29, 0.717) is 12.7 Å². The third-order valence-corrected chi connectivity index (χ3v) is 8.66. The van der Waals surface area contributed by atoms with E-state index in [2.05, 4.69) is 10.3 Å². The number of hydrogen-bond acceptors (Lipinski definition) is 8. The van der Waals surface area contributed by atoms with E-state index in [1.54, 1.807) is 6.92 Å². The number of rotatable bonds is 7. The molecule has 0 bridgehead atoms. The van der Waals surface area contributed by atoms with Crippen LogP contribution in [0.25, 0.3) is 0 Å². The summed E-state index contributed by atoms with van der Waals surface area (Å²) in [6.45, 7) is 1.88. The van der Waals surface area contributed by atoms with Crippen LogP contribution in [-0.2, 0) is 9.59 Å². The first-order valence-electron chi connectivity index (χ1n) is 13.5. The maximum Gasteiger partial charge on any atom is 0.310 e. The lowest BCUT2D eigenvalue weighted by atomic mass is 9.91. The Labute approximate surface area is 255 Å². The third kappa shape index (κ3) is 9.21. The Balaban J connectivity index is 0.000000423. The van der Waals surface area contributed by atoms with Gasteiger partial charge in [0.2, 0.25) is 11.8 Å². The fourth-order valence-corrected chi connectivity index (χ4v) is 5.80. The zero-order valence-electron chi connectivity index (χ0n) is 24.1. The fourth-order valence-electron chi connectivity index (χ4n) is 5.14. The molecule has 3 atom stereocenters. The van der Waals surface area contributed by atoms with E-state index in [0.717, 1.165) is 12.1 Å². The van der Waals surface area contributed by atoms with Crippen molar-refractivity contribution >= 4 is 28.1 Å². The van der Waals surface area contributed by atoms with Crippen LogP contribution in [0.2, 0.25) is 0 Å². The number of benzene rings is 1. The third-order valence-electron chi connectivity index (χ3n) is 7.50. The van der Waals surface area contributed by atoms with Crippen molar-refractivity contribution in [3.05, 3.63) is 53.9 Å². The van der Waals surface area contributed by atoms with Crippen molar-refractivity contribution < 1.29 is 42.9 Å². The number of alkyl halides is 2. The number of β-amino-alcohol motifs (C(OH)–C–C–N with tert-alkyl or cyclic N) is 1. The van der Waals surface area contributed by atoms with Crippen LogP contribution < -0.4 is 10.2 Å². The van der Waals surface area contributed by atoms with Crippen molar-refractivity contribution in [2.75, 3.05) is 18.5 Å². The first-order chi connectivity index (χ1) is 20.6. The summed E-state index contributed by atoms with van der Waals surface area (Å²) in [7, 11) is -8.55. The highest BCUT2D eigenvalue weighted by Gasteiger charge is 2.65. The number of amides is 1. The normalized spacial score (nSPS) is 23.6. The molecule has 246 valence electrons. The Morgan fingerprint density at radius 3 is 2.24 bits per heavy atom. The minimum absolute atomic E-state index is 0.0197. The number of likely N-dealkylation sites (N-methyl/N-ethyl adjacent to an activating group) is 1. The van der Waals surface area contributed by atoms with Gasteiger partial charge in [0.25, 0.3) is 0 Å². The standard InChI is InChI=1S/C21H21F7N4OS.C7H10N2O2/c1-32(16-2-4-17(5-3-16)34(24,25,26,27)28)19(18-13-30-11-8-14(18)12-29)20(33)31-15-6-9-21(22,23)10-7-15;1-7(11)2-6(3-10)9(4-7)5-8/h2-5,8,11,13,15,19H,6-7,9-10H2,1H3,(H,31,33);3,6,11H,2,4H2,1H3. The van der Waals surface area contributed by atoms with E-state index < -0.39 is 63.5 Å². The van der Waals surface area contributed by atoms with Gasteiger partial charge < -0.3 is 20.1 Å². The molecular weight excluding hydrogens is 633 g/mol. The number of carbonyl (C=O) groups is 2. The summed E-state index contributed by atoms with van der Waals surface area (Å²) >= 11 is 0. The molecule has 1 aromatic heterocycles. The summed E-state index contributed by atoms with van der Waals surface area (Å²) in [4.78, 5) is 27.9. The molecule has 0 radical (unpaired) electrons. The number of aliphatic hydroxyl groups is 1. The second kappa shape index (κ2) is 12.0. The summed E-state index contributed by atoms with van der Waals surface area (Å²) < 4.78 is 92.3. The lowest BCUT2D eigenvalue weighted by Crippen LogP contribution is -2.46. The Morgan fingerprint density at radius 2 is 1.76 bits per heavy atom. The molecular formula is C28H31F7N6O3S. The number of nitriles is 2. The van der Waals surface area contributed by atoms with E-state index in [1.165, 1.54) is 35.3 Å². The molecule has 1 amide bonds. The molecule has 1 aliphatic heterocycles. The first kappa shape index (κ1) is 35.4. The van der Waals surface area contributed by atoms with Crippen LogP contribution in [0.5, 0.6) is 0 Å². The molecule has 2 fully saturated rings. The maximum absolute atomic E-state index is 13.5. The number of hydrogen-bond donors (Lipinski definition) is 2. The smallest absolute Gasteiger partial charge is 0.310 e. The molecule has 9 nitrogen and oxygen atoms in total. The lowest BCUT2D eigenvalue weighted by Gasteiger charge is -2.40. The van der Waals surface area contributed by atoms with E-state index in [4.69, 9.17) is 5.26 Å². The molecule has 2 heterocycles. The number of aldehydes is 1. The number of carbonyl (C=O) groups excluding carboxylic acids is 2. The topological polar surface area (TPSA) is 133 Å². The van der Waals surface area contributed by atoms with Crippen molar-refractivity contribution in [1.82, 2.24) is 15.2 Å². The molecule has 1 saturated carbocycles. The van der Waals surface area contributed by atoms with Gasteiger partial charge in [0.15, 0.2) is 6.19 Å². The first-order valence-corrected chi connectivity index (χ1v) is 15.5. The lowest BCUT2D eigenvalue weighted by molar-refractivity contribution is -0.124. The molecule has 2 aromatic rings. The molecule has 3 unspecified atom stereocenters. The van der Waals surface area contributed by atoms with Crippen LogP contribution in [0.3, 0.4) is 0 Å². The highest BCUT2D eigenvalue weighted by molar-refractivity contribution is 8.45. The summed E-state index contributed by atoms with van der Waals surface area (Å²) in [6.07, 6.45) is 4.67. The molecule has 1 saturated heterocycles. The SMILES string of the molecule is CC1(O)CC(C=O)N(C#N)C1.CN(c1ccc(S(F)(F)(F)(F)F)cc1)C(C(=O)NC1CCC(F)(F)CC1)c1cnccc1C#N. The van der Waals surface area contributed by atoms with Crippen LogP contribution in [0, 0.1) is 22.8 Å². The second-order valence-corrected chi connectivity index (χ2v) is 13.7. The van der Waals surface area contributed by atoms with E-state index in [-0.39, 0.29) is 48.3 Å². The number of aromatic nitrogens is 1. The highest BCUT2D eigenvalue weighted by Crippen LogP contribution is 3.02. The summed E-state index contributed by atoms with van der Waals surface area (Å²) in [5, 5.41) is 30.1. The zero-order valence-corrected chi connectivity index (χ0v) is 25.0. The van der Waals surface area contributed by atoms with Crippen molar-refractivity contribution in [3.63, 3.8) is 0 Å². The highest BCUT2D eigenvalue weighted by atomic mass is 32.5. The molecule has 1 aromatic carbocycles. The number of nitrogens with zero attached hydrogens (tertiary/aromatic N) is 5. The summed E-state index contributed by atoms with van der Waals surface area (Å²) in [5.41, 5.74) is -0.737.